The van der Waals surface area contributed by atoms with Crippen molar-refractivity contribution in [2.24, 2.45) is 0 Å². The number of ketones is 1. The summed E-state index contributed by atoms with van der Waals surface area (Å²) < 4.78 is -0.248. The van der Waals surface area contributed by atoms with Gasteiger partial charge in [-0.1, -0.05) is 46.9 Å². The van der Waals surface area contributed by atoms with Crippen molar-refractivity contribution in [3.63, 3.8) is 0 Å². The molecule has 0 aliphatic carbocycles. The van der Waals surface area contributed by atoms with E-state index in [9.17, 15) is 4.79 Å². The van der Waals surface area contributed by atoms with E-state index in [2.05, 4.69) is 9.97 Å². The number of carbonyl (C=O) groups is 1. The fraction of sp³-hybridized carbons (Fsp3) is 0.0833. The smallest absolute Gasteiger partial charge is 0.255 e. The molecule has 0 amide bonds. The maximum absolute atomic E-state index is 11.8. The van der Waals surface area contributed by atoms with Crippen LogP contribution in [0.2, 0.25) is 0 Å². The number of imidazole rings is 1. The molecule has 0 atom stereocenters. The Morgan fingerprint density at radius 3 is 2.58 bits per heavy atom. The van der Waals surface area contributed by atoms with Gasteiger partial charge in [-0.25, -0.2) is 9.97 Å². The second-order valence-electron chi connectivity index (χ2n) is 3.91. The van der Waals surface area contributed by atoms with Crippen LogP contribution in [-0.2, 0) is 0 Å². The van der Waals surface area contributed by atoms with E-state index in [0.717, 1.165) is 11.0 Å². The van der Waals surface area contributed by atoms with Crippen LogP contribution in [0.1, 0.15) is 10.5 Å². The van der Waals surface area contributed by atoms with Crippen LogP contribution in [0, 0.1) is 0 Å². The van der Waals surface area contributed by atoms with Gasteiger partial charge in [-0.05, 0) is 18.2 Å². The van der Waals surface area contributed by atoms with Crippen LogP contribution in [0.4, 0.5) is 0 Å². The Balaban J connectivity index is 2.22. The highest BCUT2D eigenvalue weighted by Gasteiger charge is 2.33. The SMILES string of the molecule is O=C(c1ccn2c(n1)nc1ccccc12)C(Cl)(Cl)Cl. The minimum absolute atomic E-state index is 0.0720. The van der Waals surface area contributed by atoms with Gasteiger partial charge in [0.25, 0.3) is 3.79 Å². The molecule has 1 aromatic carbocycles. The van der Waals surface area contributed by atoms with Gasteiger partial charge >= 0.3 is 0 Å². The first kappa shape index (κ1) is 12.7. The third-order valence-electron chi connectivity index (χ3n) is 2.67. The number of rotatable bonds is 1. The molecule has 19 heavy (non-hydrogen) atoms. The van der Waals surface area contributed by atoms with Crippen molar-refractivity contribution in [2.75, 3.05) is 0 Å². The van der Waals surface area contributed by atoms with Crippen LogP contribution >= 0.6 is 34.8 Å². The number of hydrogen-bond donors (Lipinski definition) is 0. The zero-order valence-corrected chi connectivity index (χ0v) is 11.6. The van der Waals surface area contributed by atoms with E-state index in [-0.39, 0.29) is 5.69 Å². The van der Waals surface area contributed by atoms with Crippen molar-refractivity contribution >= 4 is 57.4 Å². The number of aromatic nitrogens is 3. The molecule has 2 heterocycles. The van der Waals surface area contributed by atoms with Crippen LogP contribution in [-0.4, -0.2) is 23.9 Å². The fourth-order valence-corrected chi connectivity index (χ4v) is 2.11. The van der Waals surface area contributed by atoms with Crippen LogP contribution in [0.15, 0.2) is 36.5 Å². The summed E-state index contributed by atoms with van der Waals surface area (Å²) >= 11 is 16.7. The zero-order chi connectivity index (χ0) is 13.6. The summed E-state index contributed by atoms with van der Waals surface area (Å²) in [6.45, 7) is 0. The van der Waals surface area contributed by atoms with Gasteiger partial charge in [0.2, 0.25) is 11.6 Å². The number of fused-ring (bicyclic) bond motifs is 3. The third kappa shape index (κ3) is 2.16. The normalized spacial score (nSPS) is 12.2. The molecule has 0 N–H and O–H groups in total. The lowest BCUT2D eigenvalue weighted by Gasteiger charge is -2.08. The molecule has 0 saturated heterocycles. The molecule has 3 rings (SSSR count). The first-order chi connectivity index (χ1) is 8.97. The van der Waals surface area contributed by atoms with E-state index < -0.39 is 9.58 Å². The molecule has 0 aliphatic heterocycles. The van der Waals surface area contributed by atoms with Crippen LogP contribution in [0.25, 0.3) is 16.8 Å². The number of alkyl halides is 3. The quantitative estimate of drug-likeness (QED) is 0.510. The van der Waals surface area contributed by atoms with Gasteiger partial charge in [0.1, 0.15) is 5.69 Å². The monoisotopic (exact) mass is 313 g/mol. The van der Waals surface area contributed by atoms with Gasteiger partial charge in [-0.15, -0.1) is 0 Å². The second kappa shape index (κ2) is 4.34. The first-order valence-corrected chi connectivity index (χ1v) is 6.45. The summed E-state index contributed by atoms with van der Waals surface area (Å²) in [5, 5.41) is 0. The molecule has 0 saturated carbocycles. The predicted molar refractivity (Wildman–Crippen MR) is 75.1 cm³/mol. The minimum Gasteiger partial charge on any atom is -0.288 e. The van der Waals surface area contributed by atoms with Gasteiger partial charge in [0, 0.05) is 6.20 Å². The lowest BCUT2D eigenvalue weighted by atomic mass is 10.3. The van der Waals surface area contributed by atoms with E-state index in [1.54, 1.807) is 10.6 Å². The topological polar surface area (TPSA) is 47.3 Å². The Bertz CT molecular complexity index is 792. The molecule has 0 spiro atoms. The van der Waals surface area contributed by atoms with Gasteiger partial charge in [-0.2, -0.15) is 0 Å². The molecular weight excluding hydrogens is 309 g/mol. The molecular formula is C12H6Cl3N3O. The Hall–Kier alpha value is -1.36. The number of para-hydroxylation sites is 2. The summed E-state index contributed by atoms with van der Waals surface area (Å²) in [5.74, 6) is -0.284. The summed E-state index contributed by atoms with van der Waals surface area (Å²) in [7, 11) is 0. The Kier molecular flexibility index (Phi) is 2.89. The second-order valence-corrected chi connectivity index (χ2v) is 6.19. The molecule has 3 aromatic rings. The first-order valence-electron chi connectivity index (χ1n) is 5.32. The lowest BCUT2D eigenvalue weighted by molar-refractivity contribution is 0.0991. The minimum atomic E-state index is -2.02. The van der Waals surface area contributed by atoms with E-state index in [4.69, 9.17) is 34.8 Å². The highest BCUT2D eigenvalue weighted by molar-refractivity contribution is 6.77. The van der Waals surface area contributed by atoms with Gasteiger partial charge in [0.15, 0.2) is 0 Å². The summed E-state index contributed by atoms with van der Waals surface area (Å²) in [4.78, 5) is 20.3. The number of Topliss-reactive ketones (excluding diaryl/α,β-unsaturated/α-hetero) is 1. The maximum Gasteiger partial charge on any atom is 0.255 e. The van der Waals surface area contributed by atoms with E-state index in [1.807, 2.05) is 24.3 Å². The van der Waals surface area contributed by atoms with Crippen molar-refractivity contribution in [3.05, 3.63) is 42.2 Å². The average Bonchev–Trinajstić information content (AvgIpc) is 2.74. The standard InChI is InChI=1S/C12H6Cl3N3O/c13-12(14,15)10(19)8-5-6-18-9-4-2-1-3-7(9)16-11(18)17-8/h1-6H. The summed E-state index contributed by atoms with van der Waals surface area (Å²) in [6.07, 6.45) is 1.68. The van der Waals surface area contributed by atoms with Crippen molar-refractivity contribution < 1.29 is 4.79 Å². The van der Waals surface area contributed by atoms with Crippen molar-refractivity contribution in [1.82, 2.24) is 14.4 Å². The van der Waals surface area contributed by atoms with Crippen molar-refractivity contribution in [3.8, 4) is 0 Å². The lowest BCUT2D eigenvalue weighted by Crippen LogP contribution is -2.20. The van der Waals surface area contributed by atoms with E-state index in [0.29, 0.717) is 5.78 Å². The van der Waals surface area contributed by atoms with E-state index >= 15 is 0 Å². The number of benzene rings is 1. The molecule has 0 radical (unpaired) electrons. The van der Waals surface area contributed by atoms with Crippen LogP contribution in [0.5, 0.6) is 0 Å². The molecule has 0 bridgehead atoms. The van der Waals surface area contributed by atoms with Gasteiger partial charge in [-0.3, -0.25) is 9.20 Å². The molecule has 0 aliphatic rings. The van der Waals surface area contributed by atoms with Crippen LogP contribution < -0.4 is 0 Å². The number of hydrogen-bond acceptors (Lipinski definition) is 3. The fourth-order valence-electron chi connectivity index (χ4n) is 1.82. The molecule has 0 fully saturated rings. The largest absolute Gasteiger partial charge is 0.288 e. The number of halogens is 3. The number of nitrogens with zero attached hydrogens (tertiary/aromatic N) is 3. The summed E-state index contributed by atoms with van der Waals surface area (Å²) in [5.41, 5.74) is 1.76. The highest BCUT2D eigenvalue weighted by Crippen LogP contribution is 2.30. The van der Waals surface area contributed by atoms with Crippen molar-refractivity contribution in [1.29, 1.82) is 0 Å². The predicted octanol–water partition coefficient (Wildman–Crippen LogP) is 3.44. The highest BCUT2D eigenvalue weighted by atomic mass is 35.6. The van der Waals surface area contributed by atoms with Crippen molar-refractivity contribution in [2.45, 2.75) is 3.79 Å². The Morgan fingerprint density at radius 1 is 1.11 bits per heavy atom. The summed E-state index contributed by atoms with van der Waals surface area (Å²) in [6, 6.07) is 9.05. The molecule has 2 aromatic heterocycles. The van der Waals surface area contributed by atoms with Crippen LogP contribution in [0.3, 0.4) is 0 Å². The van der Waals surface area contributed by atoms with Gasteiger partial charge in [0.05, 0.1) is 11.0 Å². The maximum atomic E-state index is 11.8. The molecule has 4 nitrogen and oxygen atoms in total. The van der Waals surface area contributed by atoms with E-state index in [1.165, 1.54) is 6.07 Å². The average molecular weight is 315 g/mol. The Labute approximate surface area is 122 Å². The zero-order valence-electron chi connectivity index (χ0n) is 9.35. The number of carbonyl (C=O) groups excluding carboxylic acids is 1. The Morgan fingerprint density at radius 2 is 1.84 bits per heavy atom. The van der Waals surface area contributed by atoms with Gasteiger partial charge < -0.3 is 0 Å². The third-order valence-corrected chi connectivity index (χ3v) is 3.18. The molecule has 7 heteroatoms. The molecule has 96 valence electrons. The molecule has 0 unspecified atom stereocenters.